The van der Waals surface area contributed by atoms with Crippen LogP contribution in [0.4, 0.5) is 0 Å². The van der Waals surface area contributed by atoms with E-state index in [0.717, 1.165) is 37.8 Å². The average molecular weight is 409 g/mol. The van der Waals surface area contributed by atoms with Gasteiger partial charge in [0.2, 0.25) is 5.91 Å². The molecule has 3 aliphatic carbocycles. The second kappa shape index (κ2) is 7.16. The third-order valence-corrected chi connectivity index (χ3v) is 8.54. The number of aromatic hydroxyl groups is 1. The summed E-state index contributed by atoms with van der Waals surface area (Å²) < 4.78 is 2.01. The Morgan fingerprint density at radius 3 is 2.90 bits per heavy atom. The second-order valence-corrected chi connectivity index (χ2v) is 9.96. The number of aryl methyl sites for hydroxylation is 2. The van der Waals surface area contributed by atoms with E-state index < -0.39 is 6.10 Å². The van der Waals surface area contributed by atoms with Crippen molar-refractivity contribution in [3.63, 3.8) is 0 Å². The molecule has 0 saturated heterocycles. The minimum Gasteiger partial charge on any atom is -0.508 e. The summed E-state index contributed by atoms with van der Waals surface area (Å²) >= 11 is 0. The van der Waals surface area contributed by atoms with Crippen LogP contribution in [-0.2, 0) is 24.8 Å². The molecule has 6 atom stereocenters. The van der Waals surface area contributed by atoms with E-state index in [0.29, 0.717) is 30.0 Å². The monoisotopic (exact) mass is 408 g/mol. The number of phenols is 1. The molecule has 2 fully saturated rings. The fourth-order valence-corrected chi connectivity index (χ4v) is 6.83. The Hall–Kier alpha value is -2.27. The SMILES string of the molecule is Cn1cccc1CNC(=O)C1CC2C3CCc4cc(O)ccc4C3CC[C@]2(C)[C@H]1O. The number of rotatable bonds is 3. The Balaban J connectivity index is 1.35. The van der Waals surface area contributed by atoms with Gasteiger partial charge in [0.05, 0.1) is 18.6 Å². The van der Waals surface area contributed by atoms with Crippen LogP contribution in [0.25, 0.3) is 0 Å². The van der Waals surface area contributed by atoms with Gasteiger partial charge in [-0.2, -0.15) is 0 Å². The van der Waals surface area contributed by atoms with Gasteiger partial charge >= 0.3 is 0 Å². The molecule has 5 nitrogen and oxygen atoms in total. The van der Waals surface area contributed by atoms with E-state index in [1.807, 2.05) is 36.0 Å². The smallest absolute Gasteiger partial charge is 0.226 e. The number of phenolic OH excluding ortho intramolecular Hbond substituents is 1. The van der Waals surface area contributed by atoms with Gasteiger partial charge in [0.25, 0.3) is 0 Å². The topological polar surface area (TPSA) is 74.5 Å². The van der Waals surface area contributed by atoms with Crippen molar-refractivity contribution in [2.24, 2.45) is 30.2 Å². The van der Waals surface area contributed by atoms with Crippen molar-refractivity contribution in [3.05, 3.63) is 53.3 Å². The summed E-state index contributed by atoms with van der Waals surface area (Å²) in [6.07, 6.45) is 6.20. The molecule has 0 radical (unpaired) electrons. The zero-order chi connectivity index (χ0) is 21.0. The Labute approximate surface area is 178 Å². The number of fused-ring (bicyclic) bond motifs is 5. The van der Waals surface area contributed by atoms with Crippen LogP contribution in [0.5, 0.6) is 5.75 Å². The standard InChI is InChI=1S/C25H32N2O3/c1-25-10-9-19-18-8-6-17(28)12-15(18)5-7-20(19)22(25)13-21(23(25)29)24(30)26-14-16-4-3-11-27(16)2/h3-4,6,8,11-12,19-23,28-29H,5,7,9-10,13-14H2,1-2H3,(H,26,30)/t19?,20?,21?,22?,23-,25-/m0/s1. The Kier molecular flexibility index (Phi) is 4.69. The van der Waals surface area contributed by atoms with Crippen LogP contribution in [0.1, 0.15) is 55.3 Å². The molecule has 5 rings (SSSR count). The predicted molar refractivity (Wildman–Crippen MR) is 115 cm³/mol. The highest BCUT2D eigenvalue weighted by atomic mass is 16.3. The molecule has 1 aromatic heterocycles. The summed E-state index contributed by atoms with van der Waals surface area (Å²) in [7, 11) is 1.97. The zero-order valence-electron chi connectivity index (χ0n) is 17.8. The van der Waals surface area contributed by atoms with E-state index in [1.165, 1.54) is 11.1 Å². The quantitative estimate of drug-likeness (QED) is 0.728. The Morgan fingerprint density at radius 2 is 2.13 bits per heavy atom. The first-order chi connectivity index (χ1) is 14.4. The molecule has 1 heterocycles. The molecule has 4 unspecified atom stereocenters. The lowest BCUT2D eigenvalue weighted by Crippen LogP contribution is -2.45. The van der Waals surface area contributed by atoms with Gasteiger partial charge in [-0.3, -0.25) is 4.79 Å². The third kappa shape index (κ3) is 2.97. The highest BCUT2D eigenvalue weighted by Crippen LogP contribution is 2.62. The highest BCUT2D eigenvalue weighted by molar-refractivity contribution is 5.79. The van der Waals surface area contributed by atoms with Crippen molar-refractivity contribution in [1.29, 1.82) is 0 Å². The molecular weight excluding hydrogens is 376 g/mol. The Morgan fingerprint density at radius 1 is 1.30 bits per heavy atom. The number of aliphatic hydroxyl groups is 1. The van der Waals surface area contributed by atoms with Crippen LogP contribution < -0.4 is 5.32 Å². The minimum absolute atomic E-state index is 0.0167. The summed E-state index contributed by atoms with van der Waals surface area (Å²) in [5, 5.41) is 24.2. The lowest BCUT2D eigenvalue weighted by atomic mass is 9.55. The molecule has 0 spiro atoms. The largest absolute Gasteiger partial charge is 0.508 e. The number of hydrogen-bond acceptors (Lipinski definition) is 3. The highest BCUT2D eigenvalue weighted by Gasteiger charge is 2.59. The van der Waals surface area contributed by atoms with Crippen LogP contribution in [0.3, 0.4) is 0 Å². The van der Waals surface area contributed by atoms with Crippen LogP contribution in [0.2, 0.25) is 0 Å². The van der Waals surface area contributed by atoms with Crippen molar-refractivity contribution in [1.82, 2.24) is 9.88 Å². The molecule has 30 heavy (non-hydrogen) atoms. The van der Waals surface area contributed by atoms with Gasteiger partial charge < -0.3 is 20.1 Å². The molecule has 3 N–H and O–H groups in total. The maximum absolute atomic E-state index is 13.0. The first-order valence-corrected chi connectivity index (χ1v) is 11.3. The van der Waals surface area contributed by atoms with Gasteiger partial charge in [0.15, 0.2) is 0 Å². The van der Waals surface area contributed by atoms with E-state index in [2.05, 4.69) is 18.3 Å². The number of aromatic nitrogens is 1. The Bertz CT molecular complexity index is 967. The number of carbonyl (C=O) groups excluding carboxylic acids is 1. The molecule has 1 amide bonds. The summed E-state index contributed by atoms with van der Waals surface area (Å²) in [6.45, 7) is 2.70. The number of nitrogens with zero attached hydrogens (tertiary/aromatic N) is 1. The fourth-order valence-electron chi connectivity index (χ4n) is 6.83. The first kappa shape index (κ1) is 19.7. The summed E-state index contributed by atoms with van der Waals surface area (Å²) in [4.78, 5) is 13.0. The first-order valence-electron chi connectivity index (χ1n) is 11.3. The molecule has 2 saturated carbocycles. The van der Waals surface area contributed by atoms with Gasteiger partial charge in [0, 0.05) is 18.9 Å². The van der Waals surface area contributed by atoms with E-state index >= 15 is 0 Å². The zero-order valence-corrected chi connectivity index (χ0v) is 17.8. The van der Waals surface area contributed by atoms with Crippen LogP contribution in [0, 0.1) is 23.2 Å². The number of benzene rings is 1. The number of nitrogens with one attached hydrogen (secondary N) is 1. The minimum atomic E-state index is -0.585. The number of amides is 1. The predicted octanol–water partition coefficient (Wildman–Crippen LogP) is 3.49. The molecule has 160 valence electrons. The molecule has 3 aliphatic rings. The average Bonchev–Trinajstić information content (AvgIpc) is 3.26. The summed E-state index contributed by atoms with van der Waals surface area (Å²) in [5.41, 5.74) is 3.52. The molecule has 2 aromatic rings. The van der Waals surface area contributed by atoms with Gasteiger partial charge in [-0.15, -0.1) is 0 Å². The van der Waals surface area contributed by atoms with Crippen LogP contribution in [-0.4, -0.2) is 26.8 Å². The van der Waals surface area contributed by atoms with Crippen molar-refractivity contribution in [2.45, 2.75) is 57.6 Å². The number of aliphatic hydroxyl groups excluding tert-OH is 1. The maximum atomic E-state index is 13.0. The van der Waals surface area contributed by atoms with Gasteiger partial charge in [-0.25, -0.2) is 0 Å². The maximum Gasteiger partial charge on any atom is 0.226 e. The van der Waals surface area contributed by atoms with E-state index in [1.54, 1.807) is 6.07 Å². The van der Waals surface area contributed by atoms with Gasteiger partial charge in [0.1, 0.15) is 5.75 Å². The van der Waals surface area contributed by atoms with Gasteiger partial charge in [-0.05, 0) is 90.7 Å². The molecule has 0 aliphatic heterocycles. The lowest BCUT2D eigenvalue weighted by molar-refractivity contribution is -0.129. The van der Waals surface area contributed by atoms with Crippen molar-refractivity contribution in [2.75, 3.05) is 0 Å². The van der Waals surface area contributed by atoms with E-state index in [4.69, 9.17) is 0 Å². The third-order valence-electron chi connectivity index (χ3n) is 8.54. The fraction of sp³-hybridized carbons (Fsp3) is 0.560. The molecule has 5 heteroatoms. The normalized spacial score (nSPS) is 34.7. The van der Waals surface area contributed by atoms with E-state index in [-0.39, 0.29) is 17.2 Å². The molecular formula is C25H32N2O3. The molecule has 1 aromatic carbocycles. The summed E-state index contributed by atoms with van der Waals surface area (Å²) in [5.74, 6) is 1.33. The van der Waals surface area contributed by atoms with Crippen molar-refractivity contribution < 1.29 is 15.0 Å². The van der Waals surface area contributed by atoms with Crippen LogP contribution >= 0.6 is 0 Å². The lowest BCUT2D eigenvalue weighted by Gasteiger charge is -2.50. The number of carbonyl (C=O) groups is 1. The van der Waals surface area contributed by atoms with E-state index in [9.17, 15) is 15.0 Å². The number of hydrogen-bond donors (Lipinski definition) is 3. The van der Waals surface area contributed by atoms with Crippen molar-refractivity contribution in [3.8, 4) is 5.75 Å². The van der Waals surface area contributed by atoms with Gasteiger partial charge in [-0.1, -0.05) is 13.0 Å². The summed E-state index contributed by atoms with van der Waals surface area (Å²) in [6, 6.07) is 9.80. The van der Waals surface area contributed by atoms with Crippen LogP contribution in [0.15, 0.2) is 36.5 Å². The molecule has 0 bridgehead atoms. The van der Waals surface area contributed by atoms with Crippen molar-refractivity contribution >= 4 is 5.91 Å². The second-order valence-electron chi connectivity index (χ2n) is 9.96.